The molecule has 15 nitrogen and oxygen atoms in total. The number of carbonyl (C=O) groups is 3. The predicted molar refractivity (Wildman–Crippen MR) is 277 cm³/mol. The van der Waals surface area contributed by atoms with Gasteiger partial charge in [-0.3, -0.25) is 14.4 Å². The zero-order valence-corrected chi connectivity index (χ0v) is 42.8. The number of likely N-dealkylation sites (tertiary alicyclic amines) is 2. The fourth-order valence-corrected chi connectivity index (χ4v) is 9.99. The second-order valence-electron chi connectivity index (χ2n) is 19.0. The maximum atomic E-state index is 13.8. The molecule has 374 valence electrons. The Hall–Kier alpha value is -7.13. The molecular weight excluding hydrogens is 899 g/mol. The average Bonchev–Trinajstić information content (AvgIpc) is 3.80. The van der Waals surface area contributed by atoms with Crippen molar-refractivity contribution in [3.8, 4) is 45.5 Å². The number of methoxy groups -OCH3 is 2. The molecule has 1 atom stereocenters. The maximum absolute atomic E-state index is 13.8. The summed E-state index contributed by atoms with van der Waals surface area (Å²) >= 11 is 0. The van der Waals surface area contributed by atoms with Gasteiger partial charge in [0.2, 0.25) is 5.91 Å². The van der Waals surface area contributed by atoms with E-state index in [0.29, 0.717) is 56.3 Å². The van der Waals surface area contributed by atoms with E-state index < -0.39 is 0 Å². The number of primary amides is 1. The molecule has 2 aromatic carbocycles. The van der Waals surface area contributed by atoms with Gasteiger partial charge in [-0.15, -0.1) is 0 Å². The molecular formula is C56H67N7O8. The largest absolute Gasteiger partial charge is 0.496 e. The fraction of sp³-hybridized carbons (Fsp3) is 0.411. The van der Waals surface area contributed by atoms with Gasteiger partial charge in [0.1, 0.15) is 36.2 Å². The molecule has 15 heteroatoms. The van der Waals surface area contributed by atoms with Gasteiger partial charge in [-0.25, -0.2) is 9.36 Å². The Bertz CT molecular complexity index is 2930. The quantitative estimate of drug-likeness (QED) is 0.143. The summed E-state index contributed by atoms with van der Waals surface area (Å²) in [5, 5.41) is 9.74. The minimum atomic E-state index is -0.298. The van der Waals surface area contributed by atoms with Crippen molar-refractivity contribution in [2.24, 2.45) is 11.7 Å². The Morgan fingerprint density at radius 1 is 0.704 bits per heavy atom. The van der Waals surface area contributed by atoms with E-state index in [1.807, 2.05) is 110 Å². The van der Waals surface area contributed by atoms with Gasteiger partial charge >= 0.3 is 0 Å². The van der Waals surface area contributed by atoms with Crippen LogP contribution in [0.25, 0.3) is 46.1 Å². The van der Waals surface area contributed by atoms with Crippen molar-refractivity contribution in [3.05, 3.63) is 106 Å². The van der Waals surface area contributed by atoms with E-state index >= 15 is 0 Å². The molecule has 5 aliphatic rings. The molecule has 3 fully saturated rings. The van der Waals surface area contributed by atoms with Crippen molar-refractivity contribution in [1.82, 2.24) is 29.4 Å². The molecule has 0 radical (unpaired) electrons. The molecule has 7 heterocycles. The number of aromatic nitrogens is 4. The lowest BCUT2D eigenvalue weighted by Gasteiger charge is -2.57. The normalized spacial score (nSPS) is 17.7. The van der Waals surface area contributed by atoms with Gasteiger partial charge in [0, 0.05) is 71.1 Å². The lowest BCUT2D eigenvalue weighted by atomic mass is 9.82. The topological polar surface area (TPSA) is 165 Å². The average molecular weight is 966 g/mol. The smallest absolute Gasteiger partial charge is 0.275 e. The van der Waals surface area contributed by atoms with Crippen LogP contribution in [0.15, 0.2) is 71.9 Å². The first-order chi connectivity index (χ1) is 34.2. The minimum absolute atomic E-state index is 0.0504. The Kier molecular flexibility index (Phi) is 14.9. The lowest BCUT2D eigenvalue weighted by Crippen LogP contribution is -2.72. The molecule has 0 saturated carbocycles. The zero-order chi connectivity index (χ0) is 50.7. The molecule has 5 aliphatic heterocycles. The summed E-state index contributed by atoms with van der Waals surface area (Å²) in [6, 6.07) is 7.93. The second kappa shape index (κ2) is 21.1. The summed E-state index contributed by atoms with van der Waals surface area (Å²) in [5.74, 6) is 2.17. The highest BCUT2D eigenvalue weighted by molar-refractivity contribution is 5.99. The van der Waals surface area contributed by atoms with Crippen molar-refractivity contribution in [3.63, 3.8) is 0 Å². The first-order valence-electron chi connectivity index (χ1n) is 24.5. The molecule has 2 N–H and O–H groups in total. The number of amides is 3. The van der Waals surface area contributed by atoms with Crippen molar-refractivity contribution in [2.75, 3.05) is 47.1 Å². The van der Waals surface area contributed by atoms with Crippen LogP contribution in [0.4, 0.5) is 0 Å². The van der Waals surface area contributed by atoms with Crippen LogP contribution in [0.1, 0.15) is 124 Å². The first kappa shape index (κ1) is 50.3. The van der Waals surface area contributed by atoms with Gasteiger partial charge in [0.05, 0.1) is 55.8 Å². The molecule has 0 aliphatic carbocycles. The molecule has 2 aromatic heterocycles. The number of rotatable bonds is 11. The van der Waals surface area contributed by atoms with Crippen LogP contribution in [0.3, 0.4) is 0 Å². The second-order valence-corrected chi connectivity index (χ2v) is 19.0. The Balaban J connectivity index is 0.000000191. The van der Waals surface area contributed by atoms with Crippen LogP contribution in [-0.2, 0) is 22.7 Å². The molecule has 9 rings (SSSR count). The summed E-state index contributed by atoms with van der Waals surface area (Å²) in [6.07, 6.45) is 19.0. The Morgan fingerprint density at radius 2 is 1.21 bits per heavy atom. The number of nitrogens with zero attached hydrogens (tertiary/aromatic N) is 6. The van der Waals surface area contributed by atoms with E-state index in [9.17, 15) is 14.4 Å². The fourth-order valence-electron chi connectivity index (χ4n) is 9.99. The number of carbonyl (C=O) groups excluding carboxylic acids is 3. The van der Waals surface area contributed by atoms with E-state index in [4.69, 9.17) is 39.6 Å². The van der Waals surface area contributed by atoms with Gasteiger partial charge in [0.25, 0.3) is 11.8 Å². The molecule has 1 unspecified atom stereocenters. The van der Waals surface area contributed by atoms with Crippen LogP contribution in [-0.4, -0.2) is 99.7 Å². The Morgan fingerprint density at radius 3 is 1.61 bits per heavy atom. The standard InChI is InChI=1S/C29H36N4O4.C27H31N3O4/c1-6-9-21(7-2)33-27-22-15-20(14-18(3)4)24(36-5)16-25(22)37-17-23(27)26(31-33)29(35)32-12-8-10-19(11-13-32)28(30)34;1-6-8-19(7-2)30-25-20-12-18(11-17(3)4)22(32-5)13-23(20)34-14-21(25)24(28-30)26(31)29-10-9-27(29)15-33-16-27/h6-7,9,14-16,19H,8,10-13,17H2,1-5H3,(H2,30,34);6-8,11-13H,9-10,14-16H2,1-5H3/b9-6-,21-7+;8-6-,19-7+. The van der Waals surface area contributed by atoms with Gasteiger partial charge in [-0.1, -0.05) is 47.6 Å². The highest BCUT2D eigenvalue weighted by Crippen LogP contribution is 2.47. The lowest BCUT2D eigenvalue weighted by molar-refractivity contribution is -0.172. The summed E-state index contributed by atoms with van der Waals surface area (Å²) in [6.45, 7) is 19.5. The summed E-state index contributed by atoms with van der Waals surface area (Å²) in [4.78, 5) is 43.0. The molecule has 1 spiro atoms. The number of allylic oxidation sites excluding steroid dienone is 10. The van der Waals surface area contributed by atoms with E-state index in [2.05, 4.69) is 32.1 Å². The molecule has 71 heavy (non-hydrogen) atoms. The number of hydrogen-bond donors (Lipinski definition) is 1. The van der Waals surface area contributed by atoms with E-state index in [-0.39, 0.29) is 42.4 Å². The third-order valence-electron chi connectivity index (χ3n) is 13.7. The van der Waals surface area contributed by atoms with E-state index in [1.54, 1.807) is 19.1 Å². The third-order valence-corrected chi connectivity index (χ3v) is 13.7. The van der Waals surface area contributed by atoms with Crippen molar-refractivity contribution >= 4 is 41.3 Å². The summed E-state index contributed by atoms with van der Waals surface area (Å²) in [7, 11) is 3.31. The van der Waals surface area contributed by atoms with E-state index in [1.165, 1.54) is 0 Å². The molecule has 4 aromatic rings. The van der Waals surface area contributed by atoms with Gasteiger partial charge in [-0.2, -0.15) is 10.2 Å². The summed E-state index contributed by atoms with van der Waals surface area (Å²) < 4.78 is 32.8. The monoisotopic (exact) mass is 966 g/mol. The van der Waals surface area contributed by atoms with Crippen molar-refractivity contribution in [1.29, 1.82) is 0 Å². The predicted octanol–water partition coefficient (Wildman–Crippen LogP) is 9.96. The van der Waals surface area contributed by atoms with Crippen LogP contribution in [0.5, 0.6) is 23.0 Å². The highest BCUT2D eigenvalue weighted by Gasteiger charge is 2.54. The highest BCUT2D eigenvalue weighted by atomic mass is 16.5. The minimum Gasteiger partial charge on any atom is -0.496 e. The van der Waals surface area contributed by atoms with Gasteiger partial charge in [0.15, 0.2) is 11.4 Å². The maximum Gasteiger partial charge on any atom is 0.275 e. The number of nitrogens with two attached hydrogens (primary N) is 1. The number of hydrogen-bond acceptors (Lipinski definition) is 10. The van der Waals surface area contributed by atoms with E-state index in [0.717, 1.165) is 104 Å². The van der Waals surface area contributed by atoms with Gasteiger partial charge in [-0.05, 0) is 105 Å². The summed E-state index contributed by atoms with van der Waals surface area (Å²) in [5.41, 5.74) is 17.2. The zero-order valence-electron chi connectivity index (χ0n) is 42.8. The van der Waals surface area contributed by atoms with Gasteiger partial charge < -0.3 is 39.2 Å². The van der Waals surface area contributed by atoms with Crippen LogP contribution in [0, 0.1) is 5.92 Å². The molecule has 3 saturated heterocycles. The van der Waals surface area contributed by atoms with Crippen LogP contribution in [0.2, 0.25) is 0 Å². The number of benzene rings is 2. The SMILES string of the molecule is C/C=C\C(=C/C)n1nc(C(=O)N2CCC23COC3)c2c1-c1cc(C=C(C)C)c(OC)cc1OC2.C/C=C\C(=C/C)n1nc(C(=O)N2CCCC(C(N)=O)CC2)c2c1-c1cc(C=C(C)C)c(OC)cc1OC2. The third kappa shape index (κ3) is 9.59. The number of fused-ring (bicyclic) bond motifs is 6. The van der Waals surface area contributed by atoms with Crippen LogP contribution < -0.4 is 24.7 Å². The molecule has 0 bridgehead atoms. The Labute approximate surface area is 416 Å². The van der Waals surface area contributed by atoms with Crippen LogP contribution >= 0.6 is 0 Å². The number of ether oxygens (including phenoxy) is 5. The van der Waals surface area contributed by atoms with Crippen molar-refractivity contribution in [2.45, 2.75) is 99.8 Å². The first-order valence-corrected chi connectivity index (χ1v) is 24.5. The molecule has 3 amide bonds. The van der Waals surface area contributed by atoms with Crippen molar-refractivity contribution < 1.29 is 38.1 Å².